The van der Waals surface area contributed by atoms with Crippen LogP contribution in [0.4, 0.5) is 8.78 Å². The first-order chi connectivity index (χ1) is 13.7. The normalized spacial score (nSPS) is 16.2. The lowest BCUT2D eigenvalue weighted by molar-refractivity contribution is -0.0494. The van der Waals surface area contributed by atoms with Crippen LogP contribution in [0.3, 0.4) is 0 Å². The zero-order chi connectivity index (χ0) is 20.8. The highest BCUT2D eigenvalue weighted by molar-refractivity contribution is 5.96. The molecule has 4 rings (SSSR count). The number of fused-ring (bicyclic) bond motifs is 1. The summed E-state index contributed by atoms with van der Waals surface area (Å²) in [5.41, 5.74) is 2.18. The first-order valence-electron chi connectivity index (χ1n) is 9.11. The number of pyridine rings is 1. The van der Waals surface area contributed by atoms with E-state index in [1.54, 1.807) is 29.7 Å². The number of aromatic carboxylic acids is 1. The molecule has 1 N–H and O–H groups in total. The number of likely N-dealkylation sites (tertiary alicyclic amines) is 1. The minimum Gasteiger partial charge on any atom is -0.478 e. The third-order valence-corrected chi connectivity index (χ3v) is 5.07. The number of hydrogen-bond acceptors (Lipinski definition) is 4. The van der Waals surface area contributed by atoms with Gasteiger partial charge in [0.25, 0.3) is 11.8 Å². The van der Waals surface area contributed by atoms with E-state index in [1.807, 2.05) is 0 Å². The zero-order valence-electron chi connectivity index (χ0n) is 15.6. The van der Waals surface area contributed by atoms with Gasteiger partial charge in [-0.05, 0) is 37.3 Å². The fourth-order valence-corrected chi connectivity index (χ4v) is 3.48. The minimum atomic E-state index is -2.72. The van der Waals surface area contributed by atoms with Crippen LogP contribution in [-0.2, 0) is 0 Å². The topological polar surface area (TPSA) is 88.3 Å². The number of hydrogen-bond donors (Lipinski definition) is 1. The standard InChI is InChI=1S/C20H18F2N4O3/c1-12-24-16-10-14(18(27)25-8-6-20(21,22)7-9-25)11-23-17(16)26(12)15-4-2-13(3-5-15)19(28)29/h2-5,10-11H,6-9H2,1H3,(H,28,29). The van der Waals surface area contributed by atoms with Gasteiger partial charge in [-0.15, -0.1) is 0 Å². The van der Waals surface area contributed by atoms with Crippen molar-refractivity contribution >= 4 is 23.0 Å². The van der Waals surface area contributed by atoms with Gasteiger partial charge in [0.2, 0.25) is 0 Å². The number of aromatic nitrogens is 3. The molecule has 1 fully saturated rings. The van der Waals surface area contributed by atoms with Crippen molar-refractivity contribution in [1.82, 2.24) is 19.4 Å². The van der Waals surface area contributed by atoms with Crippen LogP contribution in [0.1, 0.15) is 39.4 Å². The summed E-state index contributed by atoms with van der Waals surface area (Å²) in [5, 5.41) is 9.04. The largest absolute Gasteiger partial charge is 0.478 e. The van der Waals surface area contributed by atoms with E-state index >= 15 is 0 Å². The maximum absolute atomic E-state index is 13.3. The molecule has 1 amide bonds. The zero-order valence-corrected chi connectivity index (χ0v) is 15.6. The second-order valence-corrected chi connectivity index (χ2v) is 7.06. The summed E-state index contributed by atoms with van der Waals surface area (Å²) in [6.07, 6.45) is 0.740. The van der Waals surface area contributed by atoms with Crippen LogP contribution in [0, 0.1) is 6.92 Å². The average Bonchev–Trinajstić information content (AvgIpc) is 3.02. The number of carbonyl (C=O) groups is 2. The molecule has 2 aromatic heterocycles. The second kappa shape index (κ2) is 6.91. The third kappa shape index (κ3) is 3.55. The number of nitrogens with zero attached hydrogens (tertiary/aromatic N) is 4. The molecule has 9 heteroatoms. The van der Waals surface area contributed by atoms with Crippen LogP contribution in [0.5, 0.6) is 0 Å². The summed E-state index contributed by atoms with van der Waals surface area (Å²) >= 11 is 0. The highest BCUT2D eigenvalue weighted by atomic mass is 19.3. The molecule has 29 heavy (non-hydrogen) atoms. The summed E-state index contributed by atoms with van der Waals surface area (Å²) in [5.74, 6) is -3.45. The molecule has 1 saturated heterocycles. The quantitative estimate of drug-likeness (QED) is 0.729. The van der Waals surface area contributed by atoms with E-state index < -0.39 is 11.9 Å². The van der Waals surface area contributed by atoms with Crippen LogP contribution in [0.25, 0.3) is 16.9 Å². The predicted octanol–water partition coefficient (Wildman–Crippen LogP) is 3.30. The molecule has 7 nitrogen and oxygen atoms in total. The number of carboxylic acid groups (broad SMARTS) is 1. The Bertz CT molecular complexity index is 1100. The number of carbonyl (C=O) groups excluding carboxylic acids is 1. The number of rotatable bonds is 3. The van der Waals surface area contributed by atoms with E-state index in [4.69, 9.17) is 5.11 Å². The first kappa shape index (κ1) is 19.0. The Kier molecular flexibility index (Phi) is 4.52. The number of halogens is 2. The van der Waals surface area contributed by atoms with Gasteiger partial charge >= 0.3 is 5.97 Å². The molecule has 1 aliphatic heterocycles. The molecule has 0 aliphatic carbocycles. The van der Waals surface area contributed by atoms with Gasteiger partial charge in [-0.1, -0.05) is 0 Å². The maximum atomic E-state index is 13.3. The Morgan fingerprint density at radius 1 is 1.10 bits per heavy atom. The number of carboxylic acids is 1. The molecule has 0 radical (unpaired) electrons. The lowest BCUT2D eigenvalue weighted by atomic mass is 10.1. The van der Waals surface area contributed by atoms with Gasteiger partial charge in [0.1, 0.15) is 11.3 Å². The fourth-order valence-electron chi connectivity index (χ4n) is 3.48. The Morgan fingerprint density at radius 2 is 1.76 bits per heavy atom. The van der Waals surface area contributed by atoms with Gasteiger partial charge in [0, 0.05) is 37.8 Å². The van der Waals surface area contributed by atoms with Crippen molar-refractivity contribution in [3.8, 4) is 5.69 Å². The number of benzene rings is 1. The monoisotopic (exact) mass is 400 g/mol. The van der Waals surface area contributed by atoms with Crippen molar-refractivity contribution in [3.05, 3.63) is 53.5 Å². The highest BCUT2D eigenvalue weighted by Gasteiger charge is 2.36. The van der Waals surface area contributed by atoms with Crippen LogP contribution in [-0.4, -0.2) is 55.4 Å². The molecular formula is C20H18F2N4O3. The molecular weight excluding hydrogens is 382 g/mol. The van der Waals surface area contributed by atoms with Crippen molar-refractivity contribution in [2.75, 3.05) is 13.1 Å². The fraction of sp³-hybridized carbons (Fsp3) is 0.300. The smallest absolute Gasteiger partial charge is 0.335 e. The molecule has 3 heterocycles. The van der Waals surface area contributed by atoms with Gasteiger partial charge in [0.15, 0.2) is 5.65 Å². The highest BCUT2D eigenvalue weighted by Crippen LogP contribution is 2.29. The van der Waals surface area contributed by atoms with Gasteiger partial charge in [-0.2, -0.15) is 0 Å². The van der Waals surface area contributed by atoms with Crippen LogP contribution in [0.2, 0.25) is 0 Å². The molecule has 3 aromatic rings. The van der Waals surface area contributed by atoms with Gasteiger partial charge in [-0.25, -0.2) is 23.5 Å². The van der Waals surface area contributed by atoms with Crippen molar-refractivity contribution in [2.45, 2.75) is 25.7 Å². The number of amides is 1. The average molecular weight is 400 g/mol. The van der Waals surface area contributed by atoms with Crippen LogP contribution < -0.4 is 0 Å². The van der Waals surface area contributed by atoms with Crippen molar-refractivity contribution in [2.24, 2.45) is 0 Å². The Balaban J connectivity index is 1.64. The predicted molar refractivity (Wildman–Crippen MR) is 101 cm³/mol. The van der Waals surface area contributed by atoms with E-state index in [9.17, 15) is 18.4 Å². The molecule has 150 valence electrons. The molecule has 0 bridgehead atoms. The van der Waals surface area contributed by atoms with E-state index in [1.165, 1.54) is 23.2 Å². The Hall–Kier alpha value is -3.36. The Morgan fingerprint density at radius 3 is 2.38 bits per heavy atom. The van der Waals surface area contributed by atoms with E-state index in [0.29, 0.717) is 28.2 Å². The van der Waals surface area contributed by atoms with E-state index in [2.05, 4.69) is 9.97 Å². The van der Waals surface area contributed by atoms with Crippen LogP contribution >= 0.6 is 0 Å². The molecule has 0 spiro atoms. The van der Waals surface area contributed by atoms with Crippen LogP contribution in [0.15, 0.2) is 36.5 Å². The lowest BCUT2D eigenvalue weighted by Crippen LogP contribution is -2.42. The lowest BCUT2D eigenvalue weighted by Gasteiger charge is -2.31. The third-order valence-electron chi connectivity index (χ3n) is 5.07. The van der Waals surface area contributed by atoms with E-state index in [-0.39, 0.29) is 37.4 Å². The summed E-state index contributed by atoms with van der Waals surface area (Å²) < 4.78 is 28.4. The molecule has 1 aromatic carbocycles. The van der Waals surface area contributed by atoms with Crippen molar-refractivity contribution in [3.63, 3.8) is 0 Å². The van der Waals surface area contributed by atoms with Gasteiger partial charge in [-0.3, -0.25) is 9.36 Å². The number of imidazole rings is 1. The number of alkyl halides is 2. The Labute approximate surface area is 164 Å². The number of aryl methyl sites for hydroxylation is 1. The molecule has 1 aliphatic rings. The summed E-state index contributed by atoms with van der Waals surface area (Å²) in [4.78, 5) is 33.9. The SMILES string of the molecule is Cc1nc2cc(C(=O)N3CCC(F)(F)CC3)cnc2n1-c1ccc(C(=O)O)cc1. The summed E-state index contributed by atoms with van der Waals surface area (Å²) in [6.45, 7) is 1.79. The number of piperidine rings is 1. The molecule has 0 atom stereocenters. The second-order valence-electron chi connectivity index (χ2n) is 7.06. The van der Waals surface area contributed by atoms with Gasteiger partial charge < -0.3 is 10.0 Å². The maximum Gasteiger partial charge on any atom is 0.335 e. The molecule has 0 unspecified atom stereocenters. The summed E-state index contributed by atoms with van der Waals surface area (Å²) in [7, 11) is 0. The summed E-state index contributed by atoms with van der Waals surface area (Å²) in [6, 6.07) is 7.91. The van der Waals surface area contributed by atoms with E-state index in [0.717, 1.165) is 0 Å². The van der Waals surface area contributed by atoms with Crippen molar-refractivity contribution < 1.29 is 23.5 Å². The first-order valence-corrected chi connectivity index (χ1v) is 9.11. The van der Waals surface area contributed by atoms with Gasteiger partial charge in [0.05, 0.1) is 11.1 Å². The minimum absolute atomic E-state index is 0.00721. The van der Waals surface area contributed by atoms with Crippen molar-refractivity contribution in [1.29, 1.82) is 0 Å². The molecule has 0 saturated carbocycles.